The summed E-state index contributed by atoms with van der Waals surface area (Å²) in [6.07, 6.45) is 12.6. The Kier molecular flexibility index (Phi) is 5.46. The molecule has 35 heavy (non-hydrogen) atoms. The Morgan fingerprint density at radius 2 is 1.71 bits per heavy atom. The predicted molar refractivity (Wildman–Crippen MR) is 138 cm³/mol. The first kappa shape index (κ1) is 22.3. The highest BCUT2D eigenvalue weighted by molar-refractivity contribution is 7.19. The van der Waals surface area contributed by atoms with Gasteiger partial charge in [-0.3, -0.25) is 0 Å². The largest absolute Gasteiger partial charge is 0.377 e. The summed E-state index contributed by atoms with van der Waals surface area (Å²) in [4.78, 5) is 30.3. The SMILES string of the molecule is COCc1nc(N2CCN(C(=O)NC34CC5CC(CC(C5)C3)C4)CC2)c2c3c(sc2n1)CCCC3. The molecule has 2 aromatic rings. The molecule has 2 aromatic heterocycles. The number of thiophene rings is 1. The molecule has 0 radical (unpaired) electrons. The topological polar surface area (TPSA) is 70.6 Å². The number of rotatable bonds is 4. The summed E-state index contributed by atoms with van der Waals surface area (Å²) in [6.45, 7) is 3.55. The summed E-state index contributed by atoms with van der Waals surface area (Å²) in [6, 6.07) is 0.160. The van der Waals surface area contributed by atoms with Gasteiger partial charge in [-0.25, -0.2) is 14.8 Å². The van der Waals surface area contributed by atoms with Crippen LogP contribution in [0.25, 0.3) is 10.2 Å². The molecule has 1 saturated heterocycles. The number of fused-ring (bicyclic) bond motifs is 3. The molecule has 8 heteroatoms. The second kappa shape index (κ2) is 8.58. The Morgan fingerprint density at radius 3 is 2.40 bits per heavy atom. The molecule has 7 nitrogen and oxygen atoms in total. The molecule has 188 valence electrons. The van der Waals surface area contributed by atoms with E-state index in [1.807, 2.05) is 16.2 Å². The number of piperazine rings is 1. The van der Waals surface area contributed by atoms with Crippen LogP contribution >= 0.6 is 11.3 Å². The van der Waals surface area contributed by atoms with Gasteiger partial charge in [-0.1, -0.05) is 0 Å². The van der Waals surface area contributed by atoms with Crippen molar-refractivity contribution < 1.29 is 9.53 Å². The van der Waals surface area contributed by atoms with Gasteiger partial charge in [0.25, 0.3) is 0 Å². The zero-order valence-electron chi connectivity index (χ0n) is 20.9. The molecule has 2 amide bonds. The molecule has 0 atom stereocenters. The number of amides is 2. The average molecular weight is 496 g/mol. The van der Waals surface area contributed by atoms with Gasteiger partial charge < -0.3 is 19.9 Å². The summed E-state index contributed by atoms with van der Waals surface area (Å²) in [5, 5.41) is 4.83. The van der Waals surface area contributed by atoms with E-state index in [1.165, 1.54) is 67.2 Å². The van der Waals surface area contributed by atoms with Gasteiger partial charge in [-0.05, 0) is 87.5 Å². The molecule has 5 aliphatic carbocycles. The molecule has 8 rings (SSSR count). The summed E-state index contributed by atoms with van der Waals surface area (Å²) in [5.74, 6) is 4.35. The first-order valence-corrected chi connectivity index (χ1v) is 14.5. The third-order valence-electron chi connectivity index (χ3n) is 9.39. The lowest BCUT2D eigenvalue weighted by atomic mass is 9.53. The molecule has 6 aliphatic rings. The quantitative estimate of drug-likeness (QED) is 0.676. The van der Waals surface area contributed by atoms with Gasteiger partial charge in [0, 0.05) is 43.7 Å². The predicted octanol–water partition coefficient (Wildman–Crippen LogP) is 4.52. The molecule has 3 heterocycles. The van der Waals surface area contributed by atoms with Crippen molar-refractivity contribution in [3.63, 3.8) is 0 Å². The lowest BCUT2D eigenvalue weighted by molar-refractivity contribution is -0.0157. The van der Waals surface area contributed by atoms with Crippen LogP contribution < -0.4 is 10.2 Å². The van der Waals surface area contributed by atoms with E-state index in [0.29, 0.717) is 6.61 Å². The van der Waals surface area contributed by atoms with Crippen LogP contribution in [0.15, 0.2) is 0 Å². The van der Waals surface area contributed by atoms with Crippen molar-refractivity contribution in [1.82, 2.24) is 20.2 Å². The van der Waals surface area contributed by atoms with Gasteiger partial charge in [0.15, 0.2) is 5.82 Å². The fraction of sp³-hybridized carbons (Fsp3) is 0.741. The first-order valence-electron chi connectivity index (χ1n) is 13.7. The van der Waals surface area contributed by atoms with Crippen LogP contribution in [0.3, 0.4) is 0 Å². The van der Waals surface area contributed by atoms with Crippen molar-refractivity contribution in [3.05, 3.63) is 16.3 Å². The number of aryl methyl sites for hydroxylation is 2. The second-order valence-electron chi connectivity index (χ2n) is 11.9. The Bertz CT molecular complexity index is 1100. The number of ether oxygens (including phenoxy) is 1. The van der Waals surface area contributed by atoms with E-state index in [-0.39, 0.29) is 11.6 Å². The maximum Gasteiger partial charge on any atom is 0.317 e. The molecule has 0 aromatic carbocycles. The molecule has 4 bridgehead atoms. The summed E-state index contributed by atoms with van der Waals surface area (Å²) in [5.41, 5.74) is 1.55. The minimum atomic E-state index is 0.0760. The van der Waals surface area contributed by atoms with E-state index in [1.54, 1.807) is 7.11 Å². The number of carbonyl (C=O) groups is 1. The molecular weight excluding hydrogens is 458 g/mol. The van der Waals surface area contributed by atoms with E-state index in [2.05, 4.69) is 10.2 Å². The molecule has 0 unspecified atom stereocenters. The minimum absolute atomic E-state index is 0.0760. The van der Waals surface area contributed by atoms with Crippen molar-refractivity contribution >= 4 is 33.4 Å². The number of hydrogen-bond acceptors (Lipinski definition) is 6. The smallest absolute Gasteiger partial charge is 0.317 e. The van der Waals surface area contributed by atoms with E-state index in [0.717, 1.165) is 73.2 Å². The van der Waals surface area contributed by atoms with E-state index < -0.39 is 0 Å². The number of urea groups is 1. The fourth-order valence-corrected chi connectivity index (χ4v) is 9.57. The molecule has 1 aliphatic heterocycles. The monoisotopic (exact) mass is 495 g/mol. The lowest BCUT2D eigenvalue weighted by Gasteiger charge is -2.57. The minimum Gasteiger partial charge on any atom is -0.377 e. The summed E-state index contributed by atoms with van der Waals surface area (Å²) >= 11 is 1.85. The van der Waals surface area contributed by atoms with Gasteiger partial charge in [0.2, 0.25) is 0 Å². The number of aromatic nitrogens is 2. The normalized spacial score (nSPS) is 31.7. The average Bonchev–Trinajstić information content (AvgIpc) is 3.21. The van der Waals surface area contributed by atoms with Gasteiger partial charge in [0.05, 0.1) is 5.39 Å². The van der Waals surface area contributed by atoms with Crippen LogP contribution in [-0.4, -0.2) is 59.7 Å². The van der Waals surface area contributed by atoms with E-state index >= 15 is 0 Å². The number of methoxy groups -OCH3 is 1. The maximum atomic E-state index is 13.4. The number of nitrogens with zero attached hydrogens (tertiary/aromatic N) is 4. The highest BCUT2D eigenvalue weighted by atomic mass is 32.1. The van der Waals surface area contributed by atoms with E-state index in [9.17, 15) is 4.79 Å². The maximum absolute atomic E-state index is 13.4. The van der Waals surface area contributed by atoms with Gasteiger partial charge >= 0.3 is 6.03 Å². The molecule has 5 fully saturated rings. The lowest BCUT2D eigenvalue weighted by Crippen LogP contribution is -2.63. The molecule has 4 saturated carbocycles. The number of anilines is 1. The molecule has 0 spiro atoms. The van der Waals surface area contributed by atoms with Crippen molar-refractivity contribution in [2.45, 2.75) is 76.4 Å². The number of hydrogen-bond donors (Lipinski definition) is 1. The Morgan fingerprint density at radius 1 is 1.03 bits per heavy atom. The molecular formula is C27H37N5O2S. The second-order valence-corrected chi connectivity index (χ2v) is 13.0. The van der Waals surface area contributed by atoms with Crippen molar-refractivity contribution in [1.29, 1.82) is 0 Å². The van der Waals surface area contributed by atoms with Gasteiger partial charge in [-0.15, -0.1) is 11.3 Å². The van der Waals surface area contributed by atoms with Crippen LogP contribution in [-0.2, 0) is 24.2 Å². The Balaban J connectivity index is 1.08. The van der Waals surface area contributed by atoms with Gasteiger partial charge in [0.1, 0.15) is 17.3 Å². The summed E-state index contributed by atoms with van der Waals surface area (Å²) in [7, 11) is 1.70. The summed E-state index contributed by atoms with van der Waals surface area (Å²) < 4.78 is 5.38. The Hall–Kier alpha value is -1.93. The fourth-order valence-electron chi connectivity index (χ4n) is 8.29. The van der Waals surface area contributed by atoms with Crippen LogP contribution in [0, 0.1) is 17.8 Å². The van der Waals surface area contributed by atoms with Crippen LogP contribution in [0.2, 0.25) is 0 Å². The highest BCUT2D eigenvalue weighted by Gasteiger charge is 2.52. The van der Waals surface area contributed by atoms with Crippen molar-refractivity contribution in [2.24, 2.45) is 17.8 Å². The highest BCUT2D eigenvalue weighted by Crippen LogP contribution is 2.55. The Labute approximate surface area is 211 Å². The standard InChI is InChI=1S/C27H37N5O2S/c1-34-16-22-28-24(23-20-4-2-3-5-21(20)35-25(23)29-22)31-6-8-32(9-7-31)26(33)30-27-13-17-10-18(14-27)12-19(11-17)15-27/h17-19H,2-16H2,1H3,(H,30,33). The van der Waals surface area contributed by atoms with Crippen LogP contribution in [0.4, 0.5) is 10.6 Å². The van der Waals surface area contributed by atoms with Crippen LogP contribution in [0.5, 0.6) is 0 Å². The third kappa shape index (κ3) is 3.91. The molecule has 1 N–H and O–H groups in total. The van der Waals surface area contributed by atoms with Gasteiger partial charge in [-0.2, -0.15) is 0 Å². The zero-order valence-corrected chi connectivity index (χ0v) is 21.7. The number of nitrogens with one attached hydrogen (secondary N) is 1. The number of carbonyl (C=O) groups excluding carboxylic acids is 1. The zero-order chi connectivity index (χ0) is 23.6. The van der Waals surface area contributed by atoms with Crippen molar-refractivity contribution in [2.75, 3.05) is 38.2 Å². The van der Waals surface area contributed by atoms with Crippen LogP contribution in [0.1, 0.15) is 67.6 Å². The third-order valence-corrected chi connectivity index (χ3v) is 10.6. The van der Waals surface area contributed by atoms with Crippen molar-refractivity contribution in [3.8, 4) is 0 Å². The first-order chi connectivity index (χ1) is 17.1. The van der Waals surface area contributed by atoms with E-state index in [4.69, 9.17) is 14.7 Å².